The van der Waals surface area contributed by atoms with Crippen LogP contribution in [0.4, 0.5) is 4.39 Å². The van der Waals surface area contributed by atoms with E-state index in [0.29, 0.717) is 11.1 Å². The molecule has 96 valence electrons. The average Bonchev–Trinajstić information content (AvgIpc) is 2.29. The molecule has 3 heteroatoms. The van der Waals surface area contributed by atoms with Crippen LogP contribution in [0.1, 0.15) is 38.7 Å². The normalized spacial score (nSPS) is 12.7. The Labute approximate surface area is 108 Å². The van der Waals surface area contributed by atoms with Crippen LogP contribution >= 0.6 is 11.6 Å². The van der Waals surface area contributed by atoms with Crippen molar-refractivity contribution in [2.45, 2.75) is 45.6 Å². The molecule has 1 N–H and O–H groups in total. The lowest BCUT2D eigenvalue weighted by Gasteiger charge is -2.18. The first-order valence-electron chi connectivity index (χ1n) is 6.34. The first kappa shape index (κ1) is 14.5. The Kier molecular flexibility index (Phi) is 6.53. The topological polar surface area (TPSA) is 12.0 Å². The summed E-state index contributed by atoms with van der Waals surface area (Å²) in [7, 11) is 0. The van der Waals surface area contributed by atoms with Gasteiger partial charge in [0.2, 0.25) is 0 Å². The van der Waals surface area contributed by atoms with Gasteiger partial charge in [0, 0.05) is 11.1 Å². The molecule has 0 radical (unpaired) electrons. The van der Waals surface area contributed by atoms with E-state index in [1.165, 1.54) is 12.1 Å². The lowest BCUT2D eigenvalue weighted by atomic mass is 10.0. The van der Waals surface area contributed by atoms with E-state index in [2.05, 4.69) is 19.2 Å². The Morgan fingerprint density at radius 2 is 2.06 bits per heavy atom. The van der Waals surface area contributed by atoms with Crippen molar-refractivity contribution in [3.8, 4) is 0 Å². The first-order valence-corrected chi connectivity index (χ1v) is 6.72. The van der Waals surface area contributed by atoms with Crippen molar-refractivity contribution in [2.75, 3.05) is 6.54 Å². The molecular formula is C14H21ClFN. The quantitative estimate of drug-likeness (QED) is 0.772. The number of rotatable bonds is 7. The highest BCUT2D eigenvalue weighted by atomic mass is 35.5. The van der Waals surface area contributed by atoms with Crippen LogP contribution in [0.25, 0.3) is 0 Å². The molecule has 0 aliphatic heterocycles. The van der Waals surface area contributed by atoms with E-state index >= 15 is 0 Å². The zero-order valence-corrected chi connectivity index (χ0v) is 11.4. The van der Waals surface area contributed by atoms with Gasteiger partial charge in [0.1, 0.15) is 5.82 Å². The van der Waals surface area contributed by atoms with Crippen LogP contribution in [0.3, 0.4) is 0 Å². The van der Waals surface area contributed by atoms with Gasteiger partial charge >= 0.3 is 0 Å². The third kappa shape index (κ3) is 5.05. The lowest BCUT2D eigenvalue weighted by molar-refractivity contribution is 0.472. The van der Waals surface area contributed by atoms with Gasteiger partial charge in [-0.25, -0.2) is 4.39 Å². The minimum atomic E-state index is -0.271. The van der Waals surface area contributed by atoms with Crippen molar-refractivity contribution in [2.24, 2.45) is 0 Å². The zero-order valence-electron chi connectivity index (χ0n) is 10.6. The van der Waals surface area contributed by atoms with Crippen LogP contribution in [0, 0.1) is 5.82 Å². The summed E-state index contributed by atoms with van der Waals surface area (Å²) in [6.07, 6.45) is 4.25. The number of benzene rings is 1. The molecule has 0 saturated heterocycles. The second kappa shape index (κ2) is 7.67. The maximum atomic E-state index is 12.9. The lowest BCUT2D eigenvalue weighted by Crippen LogP contribution is -2.31. The van der Waals surface area contributed by atoms with Gasteiger partial charge in [-0.1, -0.05) is 37.9 Å². The molecule has 0 aliphatic rings. The summed E-state index contributed by atoms with van der Waals surface area (Å²) in [4.78, 5) is 0. The molecule has 1 atom stereocenters. The Morgan fingerprint density at radius 1 is 1.29 bits per heavy atom. The highest BCUT2D eigenvalue weighted by Crippen LogP contribution is 2.19. The molecule has 17 heavy (non-hydrogen) atoms. The molecule has 1 aromatic rings. The number of hydrogen-bond donors (Lipinski definition) is 1. The van der Waals surface area contributed by atoms with Crippen molar-refractivity contribution >= 4 is 11.6 Å². The Bertz CT molecular complexity index is 341. The second-order valence-electron chi connectivity index (χ2n) is 4.38. The zero-order chi connectivity index (χ0) is 12.7. The smallest absolute Gasteiger partial charge is 0.124 e. The minimum absolute atomic E-state index is 0.271. The highest BCUT2D eigenvalue weighted by Gasteiger charge is 2.10. The molecule has 0 spiro atoms. The minimum Gasteiger partial charge on any atom is -0.314 e. The van der Waals surface area contributed by atoms with Crippen LogP contribution in [-0.4, -0.2) is 12.6 Å². The summed E-state index contributed by atoms with van der Waals surface area (Å²) in [5, 5.41) is 4.04. The molecule has 0 heterocycles. The summed E-state index contributed by atoms with van der Waals surface area (Å²) >= 11 is 6.04. The standard InChI is InChI=1S/C14H21ClFN/c1-3-5-13(17-8-4-2)9-11-6-7-12(16)10-14(11)15/h6-7,10,13,17H,3-5,8-9H2,1-2H3. The van der Waals surface area contributed by atoms with Crippen LogP contribution in [0.2, 0.25) is 5.02 Å². The molecule has 0 saturated carbocycles. The fourth-order valence-corrected chi connectivity index (χ4v) is 2.17. The third-order valence-corrected chi connectivity index (χ3v) is 3.15. The predicted octanol–water partition coefficient (Wildman–Crippen LogP) is 4.19. The van der Waals surface area contributed by atoms with E-state index in [-0.39, 0.29) is 5.82 Å². The second-order valence-corrected chi connectivity index (χ2v) is 4.79. The van der Waals surface area contributed by atoms with Crippen molar-refractivity contribution in [3.63, 3.8) is 0 Å². The summed E-state index contributed by atoms with van der Waals surface area (Å²) in [6.45, 7) is 5.34. The van der Waals surface area contributed by atoms with Gasteiger partial charge in [0.15, 0.2) is 0 Å². The predicted molar refractivity (Wildman–Crippen MR) is 72.1 cm³/mol. The molecule has 0 bridgehead atoms. The molecular weight excluding hydrogens is 237 g/mol. The molecule has 0 fully saturated rings. The van der Waals surface area contributed by atoms with Gasteiger partial charge in [-0.2, -0.15) is 0 Å². The van der Waals surface area contributed by atoms with E-state index in [0.717, 1.165) is 37.8 Å². The van der Waals surface area contributed by atoms with Gasteiger partial charge < -0.3 is 5.32 Å². The van der Waals surface area contributed by atoms with E-state index in [9.17, 15) is 4.39 Å². The number of nitrogens with one attached hydrogen (secondary N) is 1. The monoisotopic (exact) mass is 257 g/mol. The van der Waals surface area contributed by atoms with E-state index in [1.807, 2.05) is 0 Å². The van der Waals surface area contributed by atoms with Crippen LogP contribution in [-0.2, 0) is 6.42 Å². The van der Waals surface area contributed by atoms with Gasteiger partial charge in [-0.05, 0) is 43.5 Å². The van der Waals surface area contributed by atoms with Crippen molar-refractivity contribution in [1.82, 2.24) is 5.32 Å². The highest BCUT2D eigenvalue weighted by molar-refractivity contribution is 6.31. The third-order valence-electron chi connectivity index (χ3n) is 2.80. The fraction of sp³-hybridized carbons (Fsp3) is 0.571. The summed E-state index contributed by atoms with van der Waals surface area (Å²) in [5.74, 6) is -0.271. The fourth-order valence-electron chi connectivity index (χ4n) is 1.93. The van der Waals surface area contributed by atoms with Gasteiger partial charge in [0.25, 0.3) is 0 Å². The van der Waals surface area contributed by atoms with Gasteiger partial charge in [0.05, 0.1) is 0 Å². The van der Waals surface area contributed by atoms with E-state index in [4.69, 9.17) is 11.6 Å². The molecule has 1 aromatic carbocycles. The van der Waals surface area contributed by atoms with Crippen molar-refractivity contribution in [1.29, 1.82) is 0 Å². The van der Waals surface area contributed by atoms with Crippen LogP contribution in [0.15, 0.2) is 18.2 Å². The molecule has 0 amide bonds. The Balaban J connectivity index is 2.64. The summed E-state index contributed by atoms with van der Waals surface area (Å²) in [5.41, 5.74) is 1.02. The molecule has 1 nitrogen and oxygen atoms in total. The summed E-state index contributed by atoms with van der Waals surface area (Å²) < 4.78 is 12.9. The van der Waals surface area contributed by atoms with E-state index < -0.39 is 0 Å². The largest absolute Gasteiger partial charge is 0.314 e. The van der Waals surface area contributed by atoms with Gasteiger partial charge in [-0.15, -0.1) is 0 Å². The van der Waals surface area contributed by atoms with Gasteiger partial charge in [-0.3, -0.25) is 0 Å². The molecule has 1 unspecified atom stereocenters. The van der Waals surface area contributed by atoms with Crippen molar-refractivity contribution in [3.05, 3.63) is 34.6 Å². The van der Waals surface area contributed by atoms with Crippen molar-refractivity contribution < 1.29 is 4.39 Å². The Hall–Kier alpha value is -0.600. The maximum Gasteiger partial charge on any atom is 0.124 e. The molecule has 0 aromatic heterocycles. The SMILES string of the molecule is CCCNC(CCC)Cc1ccc(F)cc1Cl. The van der Waals surface area contributed by atoms with Crippen LogP contribution in [0.5, 0.6) is 0 Å². The average molecular weight is 258 g/mol. The summed E-state index contributed by atoms with van der Waals surface area (Å²) in [6, 6.07) is 5.08. The Morgan fingerprint density at radius 3 is 2.65 bits per heavy atom. The first-order chi connectivity index (χ1) is 8.17. The maximum absolute atomic E-state index is 12.9. The molecule has 1 rings (SSSR count). The van der Waals surface area contributed by atoms with Crippen LogP contribution < -0.4 is 5.32 Å². The van der Waals surface area contributed by atoms with E-state index in [1.54, 1.807) is 6.07 Å². The number of halogens is 2. The molecule has 0 aliphatic carbocycles. The number of hydrogen-bond acceptors (Lipinski definition) is 1.